The van der Waals surface area contributed by atoms with Gasteiger partial charge >= 0.3 is 0 Å². The van der Waals surface area contributed by atoms with Crippen molar-refractivity contribution >= 4 is 5.69 Å². The average Bonchev–Trinajstić information content (AvgIpc) is 2.88. The predicted molar refractivity (Wildman–Crippen MR) is 76.9 cm³/mol. The molecule has 0 spiro atoms. The summed E-state index contributed by atoms with van der Waals surface area (Å²) in [4.78, 5) is 8.54. The molecule has 100 valence electrons. The first-order valence-electron chi connectivity index (χ1n) is 6.26. The van der Waals surface area contributed by atoms with E-state index in [2.05, 4.69) is 15.1 Å². The van der Waals surface area contributed by atoms with Crippen LogP contribution >= 0.6 is 0 Å². The maximum Gasteiger partial charge on any atom is 0.258 e. The smallest absolute Gasteiger partial charge is 0.258 e. The molecule has 0 atom stereocenters. The van der Waals surface area contributed by atoms with Crippen LogP contribution in [0.4, 0.5) is 5.69 Å². The Kier molecular flexibility index (Phi) is 2.95. The monoisotopic (exact) mass is 266 g/mol. The second-order valence-corrected chi connectivity index (χ2v) is 4.69. The number of hydrogen-bond acceptors (Lipinski definition) is 5. The fraction of sp³-hybridized carbons (Fsp3) is 0.133. The summed E-state index contributed by atoms with van der Waals surface area (Å²) in [6, 6.07) is 7.51. The molecule has 2 heterocycles. The molecular formula is C15H14N4O. The molecule has 0 aliphatic carbocycles. The first-order chi connectivity index (χ1) is 9.65. The number of rotatable bonds is 2. The van der Waals surface area contributed by atoms with E-state index in [1.165, 1.54) is 0 Å². The number of hydrogen-bond donors (Lipinski definition) is 1. The lowest BCUT2D eigenvalue weighted by Crippen LogP contribution is -1.89. The molecular weight excluding hydrogens is 252 g/mol. The lowest BCUT2D eigenvalue weighted by atomic mass is 10.1. The number of nitrogen functional groups attached to an aromatic ring is 1. The van der Waals surface area contributed by atoms with Crippen LogP contribution in [0, 0.1) is 13.8 Å². The van der Waals surface area contributed by atoms with E-state index in [9.17, 15) is 0 Å². The Morgan fingerprint density at radius 2 is 1.90 bits per heavy atom. The second kappa shape index (κ2) is 4.77. The van der Waals surface area contributed by atoms with Gasteiger partial charge in [0.2, 0.25) is 5.82 Å². The van der Waals surface area contributed by atoms with Gasteiger partial charge in [0, 0.05) is 29.2 Å². The van der Waals surface area contributed by atoms with Gasteiger partial charge in [0.25, 0.3) is 5.89 Å². The van der Waals surface area contributed by atoms with Crippen LogP contribution in [0.2, 0.25) is 0 Å². The minimum atomic E-state index is 0.487. The van der Waals surface area contributed by atoms with Crippen molar-refractivity contribution in [2.45, 2.75) is 13.8 Å². The summed E-state index contributed by atoms with van der Waals surface area (Å²) in [5, 5.41) is 4.03. The van der Waals surface area contributed by atoms with Crippen LogP contribution in [0.15, 0.2) is 41.2 Å². The topological polar surface area (TPSA) is 77.8 Å². The number of nitrogens with two attached hydrogens (primary N) is 1. The molecule has 2 N–H and O–H groups in total. The van der Waals surface area contributed by atoms with Gasteiger partial charge in [-0.25, -0.2) is 0 Å². The molecule has 0 bridgehead atoms. The summed E-state index contributed by atoms with van der Waals surface area (Å²) in [7, 11) is 0. The number of aryl methyl sites for hydroxylation is 2. The lowest BCUT2D eigenvalue weighted by molar-refractivity contribution is 0.432. The van der Waals surface area contributed by atoms with E-state index in [4.69, 9.17) is 10.3 Å². The summed E-state index contributed by atoms with van der Waals surface area (Å²) in [5.74, 6) is 1.03. The largest absolute Gasteiger partial charge is 0.399 e. The Balaban J connectivity index is 2.04. The molecule has 5 nitrogen and oxygen atoms in total. The highest BCUT2D eigenvalue weighted by Gasteiger charge is 2.14. The summed E-state index contributed by atoms with van der Waals surface area (Å²) < 4.78 is 5.35. The molecule has 20 heavy (non-hydrogen) atoms. The first-order valence-corrected chi connectivity index (χ1v) is 6.26. The Hall–Kier alpha value is -2.69. The van der Waals surface area contributed by atoms with Gasteiger partial charge in [-0.05, 0) is 49.2 Å². The van der Waals surface area contributed by atoms with E-state index < -0.39 is 0 Å². The molecule has 0 aliphatic heterocycles. The van der Waals surface area contributed by atoms with Gasteiger partial charge in [-0.1, -0.05) is 5.16 Å². The van der Waals surface area contributed by atoms with E-state index >= 15 is 0 Å². The van der Waals surface area contributed by atoms with Gasteiger partial charge in [-0.15, -0.1) is 0 Å². The summed E-state index contributed by atoms with van der Waals surface area (Å²) in [6.07, 6.45) is 3.48. The van der Waals surface area contributed by atoms with Gasteiger partial charge in [0.15, 0.2) is 0 Å². The number of pyridine rings is 1. The van der Waals surface area contributed by atoms with E-state index in [0.29, 0.717) is 17.4 Å². The third-order valence-corrected chi connectivity index (χ3v) is 3.19. The van der Waals surface area contributed by atoms with E-state index in [-0.39, 0.29) is 0 Å². The maximum atomic E-state index is 5.75. The Bertz CT molecular complexity index is 764. The standard InChI is InChI=1S/C15H14N4O/c1-9-5-6-17-8-13(9)14-18-15(20-19-14)12-4-3-11(16)7-10(12)2/h3-8H,16H2,1-2H3. The van der Waals surface area contributed by atoms with E-state index in [1.54, 1.807) is 12.4 Å². The first kappa shape index (κ1) is 12.3. The van der Waals surface area contributed by atoms with Crippen molar-refractivity contribution in [3.8, 4) is 22.8 Å². The Labute approximate surface area is 116 Å². The van der Waals surface area contributed by atoms with Crippen molar-refractivity contribution in [1.82, 2.24) is 15.1 Å². The average molecular weight is 266 g/mol. The quantitative estimate of drug-likeness (QED) is 0.721. The maximum absolute atomic E-state index is 5.75. The third-order valence-electron chi connectivity index (χ3n) is 3.19. The highest BCUT2D eigenvalue weighted by Crippen LogP contribution is 2.26. The van der Waals surface area contributed by atoms with Gasteiger partial charge in [0.1, 0.15) is 0 Å². The van der Waals surface area contributed by atoms with Crippen LogP contribution in [0.1, 0.15) is 11.1 Å². The van der Waals surface area contributed by atoms with Crippen molar-refractivity contribution in [2.24, 2.45) is 0 Å². The van der Waals surface area contributed by atoms with Crippen molar-refractivity contribution in [3.05, 3.63) is 47.8 Å². The van der Waals surface area contributed by atoms with Crippen molar-refractivity contribution in [2.75, 3.05) is 5.73 Å². The zero-order valence-corrected chi connectivity index (χ0v) is 11.3. The van der Waals surface area contributed by atoms with Gasteiger partial charge < -0.3 is 10.3 Å². The highest BCUT2D eigenvalue weighted by atomic mass is 16.5. The molecule has 3 aromatic rings. The molecule has 5 heteroatoms. The van der Waals surface area contributed by atoms with Crippen LogP contribution in [0.3, 0.4) is 0 Å². The molecule has 0 radical (unpaired) electrons. The lowest BCUT2D eigenvalue weighted by Gasteiger charge is -2.01. The van der Waals surface area contributed by atoms with Crippen LogP contribution < -0.4 is 5.73 Å². The zero-order valence-electron chi connectivity index (χ0n) is 11.3. The minimum Gasteiger partial charge on any atom is -0.399 e. The van der Waals surface area contributed by atoms with Gasteiger partial charge in [0.05, 0.1) is 0 Å². The Morgan fingerprint density at radius 1 is 1.05 bits per heavy atom. The van der Waals surface area contributed by atoms with Crippen molar-refractivity contribution in [3.63, 3.8) is 0 Å². The fourth-order valence-corrected chi connectivity index (χ4v) is 2.07. The second-order valence-electron chi connectivity index (χ2n) is 4.69. The molecule has 0 aliphatic rings. The molecule has 0 unspecified atom stereocenters. The molecule has 0 fully saturated rings. The molecule has 0 saturated carbocycles. The fourth-order valence-electron chi connectivity index (χ4n) is 2.07. The van der Waals surface area contributed by atoms with E-state index in [0.717, 1.165) is 22.3 Å². The molecule has 3 rings (SSSR count). The van der Waals surface area contributed by atoms with Crippen LogP contribution in [0.25, 0.3) is 22.8 Å². The van der Waals surface area contributed by atoms with Crippen LogP contribution in [-0.4, -0.2) is 15.1 Å². The summed E-state index contributed by atoms with van der Waals surface area (Å²) in [5.41, 5.74) is 10.3. The number of benzene rings is 1. The molecule has 1 aromatic carbocycles. The predicted octanol–water partition coefficient (Wildman–Crippen LogP) is 3.00. The molecule has 2 aromatic heterocycles. The summed E-state index contributed by atoms with van der Waals surface area (Å²) >= 11 is 0. The SMILES string of the molecule is Cc1ccncc1-c1noc(-c2ccc(N)cc2C)n1. The van der Waals surface area contributed by atoms with Crippen LogP contribution in [-0.2, 0) is 0 Å². The number of nitrogens with zero attached hydrogens (tertiary/aromatic N) is 3. The summed E-state index contributed by atoms with van der Waals surface area (Å²) in [6.45, 7) is 3.95. The van der Waals surface area contributed by atoms with Gasteiger partial charge in [-0.3, -0.25) is 4.98 Å². The highest BCUT2D eigenvalue weighted by molar-refractivity contribution is 5.65. The van der Waals surface area contributed by atoms with Gasteiger partial charge in [-0.2, -0.15) is 4.98 Å². The third kappa shape index (κ3) is 2.14. The molecule has 0 amide bonds. The molecule has 0 saturated heterocycles. The number of aromatic nitrogens is 3. The Morgan fingerprint density at radius 3 is 2.65 bits per heavy atom. The number of anilines is 1. The van der Waals surface area contributed by atoms with Crippen LogP contribution in [0.5, 0.6) is 0 Å². The normalized spacial score (nSPS) is 10.7. The zero-order chi connectivity index (χ0) is 14.1. The minimum absolute atomic E-state index is 0.487. The van der Waals surface area contributed by atoms with Crippen molar-refractivity contribution in [1.29, 1.82) is 0 Å². The van der Waals surface area contributed by atoms with E-state index in [1.807, 2.05) is 38.1 Å². The van der Waals surface area contributed by atoms with Crippen molar-refractivity contribution < 1.29 is 4.52 Å².